The van der Waals surface area contributed by atoms with Gasteiger partial charge in [0, 0.05) is 13.1 Å². The Hall–Kier alpha value is -1.80. The molecule has 0 bridgehead atoms. The Balaban J connectivity index is 1.86. The lowest BCUT2D eigenvalue weighted by Crippen LogP contribution is -2.13. The van der Waals surface area contributed by atoms with Crippen LogP contribution in [0.4, 0.5) is 0 Å². The lowest BCUT2D eigenvalue weighted by Gasteiger charge is -2.11. The highest BCUT2D eigenvalue weighted by Crippen LogP contribution is 2.14. The first kappa shape index (κ1) is 15.6. The SMILES string of the molecule is Cc1ccccc1CNCc1cccc(OCC(C)C)c1. The van der Waals surface area contributed by atoms with Crippen molar-refractivity contribution >= 4 is 0 Å². The van der Waals surface area contributed by atoms with Crippen molar-refractivity contribution in [3.8, 4) is 5.75 Å². The summed E-state index contributed by atoms with van der Waals surface area (Å²) in [7, 11) is 0. The molecule has 0 atom stereocenters. The molecule has 1 N–H and O–H groups in total. The normalized spacial score (nSPS) is 10.9. The third-order valence-corrected chi connectivity index (χ3v) is 3.39. The van der Waals surface area contributed by atoms with Gasteiger partial charge in [-0.2, -0.15) is 0 Å². The summed E-state index contributed by atoms with van der Waals surface area (Å²) in [5.41, 5.74) is 3.94. The summed E-state index contributed by atoms with van der Waals surface area (Å²) in [5.74, 6) is 1.51. The maximum absolute atomic E-state index is 5.76. The molecule has 0 spiro atoms. The van der Waals surface area contributed by atoms with Gasteiger partial charge < -0.3 is 10.1 Å². The summed E-state index contributed by atoms with van der Waals surface area (Å²) in [4.78, 5) is 0. The van der Waals surface area contributed by atoms with Gasteiger partial charge in [0.1, 0.15) is 5.75 Å². The van der Waals surface area contributed by atoms with Crippen LogP contribution in [-0.4, -0.2) is 6.61 Å². The zero-order valence-corrected chi connectivity index (χ0v) is 13.2. The van der Waals surface area contributed by atoms with Crippen LogP contribution in [0.2, 0.25) is 0 Å². The van der Waals surface area contributed by atoms with Crippen molar-refractivity contribution in [2.75, 3.05) is 6.61 Å². The average molecular weight is 283 g/mol. The van der Waals surface area contributed by atoms with Crippen molar-refractivity contribution in [3.63, 3.8) is 0 Å². The first-order valence-corrected chi connectivity index (χ1v) is 7.62. The van der Waals surface area contributed by atoms with E-state index in [2.05, 4.69) is 68.6 Å². The minimum absolute atomic E-state index is 0.549. The van der Waals surface area contributed by atoms with E-state index in [1.807, 2.05) is 6.07 Å². The smallest absolute Gasteiger partial charge is 0.119 e. The van der Waals surface area contributed by atoms with E-state index in [1.165, 1.54) is 16.7 Å². The molecular formula is C19H25NO. The molecule has 0 saturated carbocycles. The van der Waals surface area contributed by atoms with Crippen molar-refractivity contribution in [1.29, 1.82) is 0 Å². The Labute approximate surface area is 128 Å². The summed E-state index contributed by atoms with van der Waals surface area (Å²) in [6.45, 7) is 8.98. The predicted molar refractivity (Wildman–Crippen MR) is 88.5 cm³/mol. The average Bonchev–Trinajstić information content (AvgIpc) is 2.48. The largest absolute Gasteiger partial charge is 0.493 e. The number of ether oxygens (including phenoxy) is 1. The molecule has 21 heavy (non-hydrogen) atoms. The van der Waals surface area contributed by atoms with Crippen LogP contribution in [0.3, 0.4) is 0 Å². The maximum atomic E-state index is 5.76. The van der Waals surface area contributed by atoms with Crippen molar-refractivity contribution in [1.82, 2.24) is 5.32 Å². The summed E-state index contributed by atoms with van der Waals surface area (Å²) >= 11 is 0. The third kappa shape index (κ3) is 5.24. The van der Waals surface area contributed by atoms with Gasteiger partial charge in [0.15, 0.2) is 0 Å². The summed E-state index contributed by atoms with van der Waals surface area (Å²) in [6.07, 6.45) is 0. The minimum Gasteiger partial charge on any atom is -0.493 e. The van der Waals surface area contributed by atoms with Gasteiger partial charge in [-0.1, -0.05) is 50.2 Å². The Morgan fingerprint density at radius 2 is 1.81 bits per heavy atom. The van der Waals surface area contributed by atoms with Crippen LogP contribution in [-0.2, 0) is 13.1 Å². The molecule has 0 saturated heterocycles. The molecule has 0 fully saturated rings. The van der Waals surface area contributed by atoms with Gasteiger partial charge in [0.2, 0.25) is 0 Å². The molecule has 2 aromatic rings. The molecule has 0 unspecified atom stereocenters. The molecule has 112 valence electrons. The molecule has 0 aliphatic rings. The highest BCUT2D eigenvalue weighted by Gasteiger charge is 2.00. The maximum Gasteiger partial charge on any atom is 0.119 e. The Bertz CT molecular complexity index is 563. The van der Waals surface area contributed by atoms with Crippen LogP contribution >= 0.6 is 0 Å². The fourth-order valence-electron chi connectivity index (χ4n) is 2.16. The second kappa shape index (κ2) is 7.84. The molecule has 2 heteroatoms. The van der Waals surface area contributed by atoms with Gasteiger partial charge in [0.25, 0.3) is 0 Å². The van der Waals surface area contributed by atoms with Crippen LogP contribution in [0.15, 0.2) is 48.5 Å². The van der Waals surface area contributed by atoms with Crippen molar-refractivity contribution in [2.24, 2.45) is 5.92 Å². The predicted octanol–water partition coefficient (Wildman–Crippen LogP) is 4.32. The monoisotopic (exact) mass is 283 g/mol. The van der Waals surface area contributed by atoms with Gasteiger partial charge >= 0.3 is 0 Å². The van der Waals surface area contributed by atoms with E-state index in [0.717, 1.165) is 25.4 Å². The van der Waals surface area contributed by atoms with Crippen LogP contribution in [0.5, 0.6) is 5.75 Å². The Morgan fingerprint density at radius 3 is 2.57 bits per heavy atom. The standard InChI is InChI=1S/C19H25NO/c1-15(2)14-21-19-10-6-8-17(11-19)12-20-13-18-9-5-4-7-16(18)3/h4-11,15,20H,12-14H2,1-3H3. The minimum atomic E-state index is 0.549. The van der Waals surface area contributed by atoms with Crippen LogP contribution in [0.1, 0.15) is 30.5 Å². The topological polar surface area (TPSA) is 21.3 Å². The molecule has 2 nitrogen and oxygen atoms in total. The van der Waals surface area contributed by atoms with E-state index >= 15 is 0 Å². The molecule has 0 aliphatic carbocycles. The number of nitrogens with one attached hydrogen (secondary N) is 1. The van der Waals surface area contributed by atoms with E-state index in [1.54, 1.807) is 0 Å². The highest BCUT2D eigenvalue weighted by molar-refractivity contribution is 5.29. The van der Waals surface area contributed by atoms with Crippen molar-refractivity contribution in [3.05, 3.63) is 65.2 Å². The van der Waals surface area contributed by atoms with Crippen molar-refractivity contribution in [2.45, 2.75) is 33.9 Å². The number of benzene rings is 2. The number of hydrogen-bond acceptors (Lipinski definition) is 2. The van der Waals surface area contributed by atoms with Gasteiger partial charge in [-0.25, -0.2) is 0 Å². The molecule has 0 radical (unpaired) electrons. The first-order valence-electron chi connectivity index (χ1n) is 7.62. The first-order chi connectivity index (χ1) is 10.1. The lowest BCUT2D eigenvalue weighted by atomic mass is 10.1. The fourth-order valence-corrected chi connectivity index (χ4v) is 2.16. The fraction of sp³-hybridized carbons (Fsp3) is 0.368. The molecule has 0 heterocycles. The van der Waals surface area contributed by atoms with Gasteiger partial charge in [-0.15, -0.1) is 0 Å². The second-order valence-corrected chi connectivity index (χ2v) is 5.88. The quantitative estimate of drug-likeness (QED) is 0.817. The van der Waals surface area contributed by atoms with E-state index < -0.39 is 0 Å². The molecule has 2 rings (SSSR count). The van der Waals surface area contributed by atoms with Crippen LogP contribution in [0, 0.1) is 12.8 Å². The summed E-state index contributed by atoms with van der Waals surface area (Å²) in [6, 6.07) is 16.8. The molecule has 0 aliphatic heterocycles. The summed E-state index contributed by atoms with van der Waals surface area (Å²) in [5, 5.41) is 3.50. The van der Waals surface area contributed by atoms with Gasteiger partial charge in [-0.05, 0) is 41.7 Å². The highest BCUT2D eigenvalue weighted by atomic mass is 16.5. The molecule has 0 aromatic heterocycles. The lowest BCUT2D eigenvalue weighted by molar-refractivity contribution is 0.271. The van der Waals surface area contributed by atoms with E-state index in [9.17, 15) is 0 Å². The molecular weight excluding hydrogens is 258 g/mol. The van der Waals surface area contributed by atoms with Crippen LogP contribution in [0.25, 0.3) is 0 Å². The number of aryl methyl sites for hydroxylation is 1. The number of hydrogen-bond donors (Lipinski definition) is 1. The van der Waals surface area contributed by atoms with Crippen molar-refractivity contribution < 1.29 is 4.74 Å². The Kier molecular flexibility index (Phi) is 5.82. The van der Waals surface area contributed by atoms with Gasteiger partial charge in [-0.3, -0.25) is 0 Å². The van der Waals surface area contributed by atoms with E-state index in [0.29, 0.717) is 5.92 Å². The summed E-state index contributed by atoms with van der Waals surface area (Å²) < 4.78 is 5.76. The Morgan fingerprint density at radius 1 is 1.00 bits per heavy atom. The molecule has 2 aromatic carbocycles. The number of rotatable bonds is 7. The molecule has 0 amide bonds. The van der Waals surface area contributed by atoms with Gasteiger partial charge in [0.05, 0.1) is 6.61 Å². The van der Waals surface area contributed by atoms with E-state index in [-0.39, 0.29) is 0 Å². The third-order valence-electron chi connectivity index (χ3n) is 3.39. The zero-order valence-electron chi connectivity index (χ0n) is 13.2. The van der Waals surface area contributed by atoms with E-state index in [4.69, 9.17) is 4.74 Å². The second-order valence-electron chi connectivity index (χ2n) is 5.88. The zero-order chi connectivity index (χ0) is 15.1. The van der Waals surface area contributed by atoms with Crippen LogP contribution < -0.4 is 10.1 Å².